The quantitative estimate of drug-likeness (QED) is 0.235. The fourth-order valence-electron chi connectivity index (χ4n) is 6.34. The molecule has 0 aliphatic heterocycles. The summed E-state index contributed by atoms with van der Waals surface area (Å²) in [6, 6.07) is 14.3. The molecule has 0 amide bonds. The summed E-state index contributed by atoms with van der Waals surface area (Å²) in [7, 11) is -0.799. The van der Waals surface area contributed by atoms with Crippen LogP contribution >= 0.6 is 0 Å². The third kappa shape index (κ3) is 6.72. The number of benzene rings is 2. The third-order valence-corrected chi connectivity index (χ3v) is 12.4. The SMILES string of the molecule is CC1=[C-]C([Si]c2cc(C)cc([Si](C)(C)C)c2)(C(c2c(C)cccc2C)C2(C)C=CC=CC2)C(C)=C1C.[CH3-].[CH3-].[Ti+3]. The van der Waals surface area contributed by atoms with E-state index in [9.17, 15) is 0 Å². The average Bonchev–Trinajstić information content (AvgIpc) is 2.99. The Morgan fingerprint density at radius 2 is 1.51 bits per heavy atom. The van der Waals surface area contributed by atoms with Crippen LogP contribution in [0.1, 0.15) is 62.3 Å². The van der Waals surface area contributed by atoms with Crippen LogP contribution in [0.5, 0.6) is 0 Å². The van der Waals surface area contributed by atoms with Crippen molar-refractivity contribution in [3.05, 3.63) is 121 Å². The average molecular weight is 586 g/mol. The van der Waals surface area contributed by atoms with Gasteiger partial charge < -0.3 is 14.9 Å². The van der Waals surface area contributed by atoms with Gasteiger partial charge in [-0.25, -0.2) is 5.57 Å². The summed E-state index contributed by atoms with van der Waals surface area (Å²) in [6.07, 6.45) is 14.6. The molecule has 0 nitrogen and oxygen atoms in total. The van der Waals surface area contributed by atoms with Crippen molar-refractivity contribution in [2.45, 2.75) is 85.5 Å². The van der Waals surface area contributed by atoms with Crippen LogP contribution in [0, 0.1) is 47.1 Å². The Kier molecular flexibility index (Phi) is 11.9. The molecular weight excluding hydrogens is 536 g/mol. The van der Waals surface area contributed by atoms with Crippen molar-refractivity contribution in [2.24, 2.45) is 5.41 Å². The van der Waals surface area contributed by atoms with E-state index in [0.717, 1.165) is 6.42 Å². The van der Waals surface area contributed by atoms with E-state index in [0.29, 0.717) is 15.4 Å². The van der Waals surface area contributed by atoms with Gasteiger partial charge in [0.05, 0.1) is 17.6 Å². The molecule has 3 heteroatoms. The van der Waals surface area contributed by atoms with Gasteiger partial charge in [-0.3, -0.25) is 6.08 Å². The monoisotopic (exact) mass is 585 g/mol. The van der Waals surface area contributed by atoms with Crippen molar-refractivity contribution in [1.29, 1.82) is 0 Å². The Labute approximate surface area is 259 Å². The van der Waals surface area contributed by atoms with Crippen molar-refractivity contribution in [2.75, 3.05) is 0 Å². The molecular formula is C36H49Si2Ti. The normalized spacial score (nSPS) is 23.0. The Morgan fingerprint density at radius 3 is 2.00 bits per heavy atom. The van der Waals surface area contributed by atoms with Gasteiger partial charge in [-0.05, 0) is 55.2 Å². The van der Waals surface area contributed by atoms with Gasteiger partial charge in [0.1, 0.15) is 0 Å². The first-order valence-electron chi connectivity index (χ1n) is 13.4. The van der Waals surface area contributed by atoms with Gasteiger partial charge >= 0.3 is 21.7 Å². The molecule has 2 aliphatic rings. The molecule has 0 saturated carbocycles. The molecule has 4 rings (SSSR count). The topological polar surface area (TPSA) is 0 Å². The Morgan fingerprint density at radius 1 is 0.897 bits per heavy atom. The summed E-state index contributed by atoms with van der Waals surface area (Å²) in [5.41, 5.74) is 9.97. The second kappa shape index (κ2) is 13.0. The molecule has 3 atom stereocenters. The standard InChI is InChI=1S/C34H43Si2.2CH3.Ti/c1-23-19-29(21-30(20-23)36(8,9)10)35-34(22-26(4)27(5)28(34)6)32(33(7)17-12-11-13-18-33)31-24(2)15-14-16-25(31)3;;;/h11-17,19-21,32H,18H2,1-10H3;2*1H3;/q3*-1;+3. The minimum absolute atomic E-state index is 0. The Bertz CT molecular complexity index is 1280. The van der Waals surface area contributed by atoms with Gasteiger partial charge in [0, 0.05) is 0 Å². The molecule has 205 valence electrons. The predicted molar refractivity (Wildman–Crippen MR) is 176 cm³/mol. The van der Waals surface area contributed by atoms with Crippen LogP contribution in [-0.4, -0.2) is 17.6 Å². The zero-order valence-corrected chi connectivity index (χ0v) is 30.1. The van der Waals surface area contributed by atoms with E-state index in [4.69, 9.17) is 0 Å². The molecule has 0 N–H and O–H groups in total. The van der Waals surface area contributed by atoms with E-state index in [2.05, 4.69) is 135 Å². The maximum atomic E-state index is 4.18. The summed E-state index contributed by atoms with van der Waals surface area (Å²) >= 11 is 0. The van der Waals surface area contributed by atoms with Crippen molar-refractivity contribution in [3.8, 4) is 0 Å². The van der Waals surface area contributed by atoms with Gasteiger partial charge in [0.2, 0.25) is 0 Å². The summed E-state index contributed by atoms with van der Waals surface area (Å²) < 4.78 is 0. The fourth-order valence-corrected chi connectivity index (χ4v) is 9.96. The first-order valence-corrected chi connectivity index (χ1v) is 17.9. The number of rotatable bonds is 6. The molecule has 3 radical (unpaired) electrons. The molecule has 0 bridgehead atoms. The first kappa shape index (κ1) is 35.6. The smallest absolute Gasteiger partial charge is 0.358 e. The fraction of sp³-hybridized carbons (Fsp3) is 0.389. The third-order valence-electron chi connectivity index (χ3n) is 8.59. The van der Waals surface area contributed by atoms with Crippen molar-refractivity contribution in [3.63, 3.8) is 0 Å². The van der Waals surface area contributed by atoms with Gasteiger partial charge in [-0.1, -0.05) is 122 Å². The van der Waals surface area contributed by atoms with Gasteiger partial charge in [-0.2, -0.15) is 11.1 Å². The number of allylic oxidation sites excluding steroid dienone is 8. The maximum absolute atomic E-state index is 4.18. The Hall–Kier alpha value is -1.45. The molecule has 2 aliphatic carbocycles. The van der Waals surface area contributed by atoms with Gasteiger partial charge in [-0.15, -0.1) is 6.92 Å². The molecule has 0 heterocycles. The van der Waals surface area contributed by atoms with Crippen molar-refractivity contribution in [1.82, 2.24) is 0 Å². The molecule has 0 aromatic heterocycles. The van der Waals surface area contributed by atoms with Crippen LogP contribution in [-0.2, 0) is 21.7 Å². The molecule has 39 heavy (non-hydrogen) atoms. The van der Waals surface area contributed by atoms with Crippen LogP contribution in [0.3, 0.4) is 0 Å². The van der Waals surface area contributed by atoms with Crippen LogP contribution in [0.15, 0.2) is 77.4 Å². The van der Waals surface area contributed by atoms with Crippen LogP contribution in [0.25, 0.3) is 0 Å². The van der Waals surface area contributed by atoms with Gasteiger partial charge in [0.25, 0.3) is 0 Å². The number of hydrogen-bond donors (Lipinski definition) is 0. The van der Waals surface area contributed by atoms with E-state index in [1.165, 1.54) is 44.2 Å². The minimum atomic E-state index is -1.43. The van der Waals surface area contributed by atoms with E-state index < -0.39 is 8.07 Å². The molecule has 0 spiro atoms. The summed E-state index contributed by atoms with van der Waals surface area (Å²) in [5.74, 6) is 0.300. The predicted octanol–water partition coefficient (Wildman–Crippen LogP) is 8.95. The molecule has 2 aromatic carbocycles. The Balaban J connectivity index is 0.00000253. The van der Waals surface area contributed by atoms with Gasteiger partial charge in [0.15, 0.2) is 0 Å². The zero-order valence-electron chi connectivity index (χ0n) is 26.6. The molecule has 0 fully saturated rings. The first-order chi connectivity index (χ1) is 16.8. The van der Waals surface area contributed by atoms with E-state index >= 15 is 0 Å². The summed E-state index contributed by atoms with van der Waals surface area (Å²) in [6.45, 7) is 23.8. The van der Waals surface area contributed by atoms with Crippen LogP contribution in [0.4, 0.5) is 0 Å². The zero-order chi connectivity index (χ0) is 26.5. The molecule has 0 saturated heterocycles. The van der Waals surface area contributed by atoms with Crippen LogP contribution in [0.2, 0.25) is 24.7 Å². The largest absolute Gasteiger partial charge is 3.00 e. The number of aryl methyl sites for hydroxylation is 3. The number of hydrogen-bond acceptors (Lipinski definition) is 0. The summed E-state index contributed by atoms with van der Waals surface area (Å²) in [4.78, 5) is 0. The van der Waals surface area contributed by atoms with Crippen molar-refractivity contribution < 1.29 is 21.7 Å². The van der Waals surface area contributed by atoms with E-state index in [1.807, 2.05) is 0 Å². The second-order valence-electron chi connectivity index (χ2n) is 12.5. The second-order valence-corrected chi connectivity index (χ2v) is 19.2. The van der Waals surface area contributed by atoms with E-state index in [1.54, 1.807) is 5.19 Å². The maximum Gasteiger partial charge on any atom is 3.00 e. The molecule has 3 unspecified atom stereocenters. The minimum Gasteiger partial charge on any atom is -0.358 e. The summed E-state index contributed by atoms with van der Waals surface area (Å²) in [5, 5.41) is 2.88. The van der Waals surface area contributed by atoms with Crippen molar-refractivity contribution >= 4 is 28.0 Å². The molecule has 2 aromatic rings. The van der Waals surface area contributed by atoms with E-state index in [-0.39, 0.29) is 47.0 Å². The van der Waals surface area contributed by atoms with Crippen LogP contribution < -0.4 is 10.4 Å².